The van der Waals surface area contributed by atoms with E-state index >= 15 is 0 Å². The number of nitrogens with one attached hydrogen (secondary N) is 1. The van der Waals surface area contributed by atoms with Gasteiger partial charge < -0.3 is 10.1 Å². The average molecular weight is 406 g/mol. The maximum absolute atomic E-state index is 12.9. The van der Waals surface area contributed by atoms with Crippen LogP contribution in [0.15, 0.2) is 42.5 Å². The smallest absolute Gasteiger partial charge is 0.416 e. The number of amides is 2. The Morgan fingerprint density at radius 3 is 2.52 bits per heavy atom. The first-order valence-electron chi connectivity index (χ1n) is 8.67. The molecule has 1 heterocycles. The third kappa shape index (κ3) is 4.23. The molecule has 0 aliphatic carbocycles. The first-order chi connectivity index (χ1) is 13.6. The molecule has 0 bridgehead atoms. The molecule has 0 aromatic heterocycles. The molecule has 0 spiro atoms. The van der Waals surface area contributed by atoms with Gasteiger partial charge in [-0.25, -0.2) is 4.79 Å². The molecule has 1 N–H and O–H groups in total. The molecular formula is C20H17F3N2O4. The molecule has 1 aliphatic rings. The summed E-state index contributed by atoms with van der Waals surface area (Å²) in [6.07, 6.45) is -5.84. The number of hydrogen-bond acceptors (Lipinski definition) is 4. The quantitative estimate of drug-likeness (QED) is 0.792. The normalized spacial score (nSPS) is 14.7. The molecule has 2 aromatic rings. The van der Waals surface area contributed by atoms with Gasteiger partial charge in [-0.2, -0.15) is 13.2 Å². The van der Waals surface area contributed by atoms with Crippen LogP contribution in [-0.2, 0) is 20.5 Å². The average Bonchev–Trinajstić information content (AvgIpc) is 2.65. The Morgan fingerprint density at radius 2 is 1.86 bits per heavy atom. The highest BCUT2D eigenvalue weighted by Gasteiger charge is 2.35. The summed E-state index contributed by atoms with van der Waals surface area (Å²) < 4.78 is 44.0. The second kappa shape index (κ2) is 7.57. The summed E-state index contributed by atoms with van der Waals surface area (Å²) in [5, 5.41) is 2.33. The zero-order chi connectivity index (χ0) is 21.3. The number of ether oxygens (including phenoxy) is 1. The summed E-state index contributed by atoms with van der Waals surface area (Å²) in [5.74, 6) is -2.08. The van der Waals surface area contributed by atoms with Crippen LogP contribution in [0.5, 0.6) is 0 Å². The van der Waals surface area contributed by atoms with E-state index in [-0.39, 0.29) is 11.4 Å². The number of anilines is 2. The van der Waals surface area contributed by atoms with Crippen molar-refractivity contribution in [2.45, 2.75) is 26.1 Å². The molecule has 1 unspecified atom stereocenters. The number of fused-ring (bicyclic) bond motifs is 1. The third-order valence-electron chi connectivity index (χ3n) is 4.45. The minimum absolute atomic E-state index is 0.0985. The number of nitrogens with zero attached hydrogens (tertiary/aromatic N) is 1. The van der Waals surface area contributed by atoms with E-state index in [1.807, 2.05) is 0 Å². The van der Waals surface area contributed by atoms with Gasteiger partial charge in [0.05, 0.1) is 22.5 Å². The van der Waals surface area contributed by atoms with Crippen molar-refractivity contribution in [2.75, 3.05) is 16.8 Å². The summed E-state index contributed by atoms with van der Waals surface area (Å²) in [6.45, 7) is 2.66. The van der Waals surface area contributed by atoms with Crippen molar-refractivity contribution in [3.63, 3.8) is 0 Å². The predicted octanol–water partition coefficient (Wildman–Crippen LogP) is 3.54. The highest BCUT2D eigenvalue weighted by atomic mass is 19.4. The van der Waals surface area contributed by atoms with Crippen LogP contribution < -0.4 is 10.2 Å². The third-order valence-corrected chi connectivity index (χ3v) is 4.45. The summed E-state index contributed by atoms with van der Waals surface area (Å²) in [6, 6.07) is 9.35. The minimum atomic E-state index is -4.59. The van der Waals surface area contributed by atoms with Crippen LogP contribution in [0.3, 0.4) is 0 Å². The zero-order valence-corrected chi connectivity index (χ0v) is 15.5. The number of alkyl halides is 3. The molecule has 0 saturated heterocycles. The van der Waals surface area contributed by atoms with Crippen molar-refractivity contribution >= 4 is 29.2 Å². The lowest BCUT2D eigenvalue weighted by Crippen LogP contribution is -2.47. The lowest BCUT2D eigenvalue weighted by Gasteiger charge is -2.31. The molecule has 152 valence electrons. The van der Waals surface area contributed by atoms with Gasteiger partial charge in [0, 0.05) is 0 Å². The maximum Gasteiger partial charge on any atom is 0.416 e. The number of esters is 1. The van der Waals surface area contributed by atoms with Crippen LogP contribution in [0, 0.1) is 6.92 Å². The lowest BCUT2D eigenvalue weighted by molar-refractivity contribution is -0.137. The fraction of sp³-hybridized carbons (Fsp3) is 0.250. The van der Waals surface area contributed by atoms with E-state index in [1.54, 1.807) is 31.2 Å². The summed E-state index contributed by atoms with van der Waals surface area (Å²) in [4.78, 5) is 38.0. The molecule has 3 rings (SSSR count). The van der Waals surface area contributed by atoms with Crippen LogP contribution in [0.1, 0.15) is 28.4 Å². The van der Waals surface area contributed by atoms with E-state index in [0.29, 0.717) is 11.1 Å². The lowest BCUT2D eigenvalue weighted by atomic mass is 10.1. The largest absolute Gasteiger partial charge is 0.449 e. The number of benzene rings is 2. The molecule has 0 fully saturated rings. The Kier molecular flexibility index (Phi) is 5.32. The van der Waals surface area contributed by atoms with Gasteiger partial charge in [0.1, 0.15) is 6.54 Å². The molecule has 1 atom stereocenters. The van der Waals surface area contributed by atoms with Gasteiger partial charge in [-0.1, -0.05) is 18.2 Å². The topological polar surface area (TPSA) is 75.7 Å². The maximum atomic E-state index is 12.9. The molecule has 29 heavy (non-hydrogen) atoms. The number of carbonyl (C=O) groups is 3. The molecule has 0 radical (unpaired) electrons. The molecule has 2 amide bonds. The van der Waals surface area contributed by atoms with Gasteiger partial charge in [-0.05, 0) is 43.7 Å². The van der Waals surface area contributed by atoms with Crippen molar-refractivity contribution in [2.24, 2.45) is 0 Å². The van der Waals surface area contributed by atoms with E-state index in [4.69, 9.17) is 4.74 Å². The number of halogens is 3. The fourth-order valence-corrected chi connectivity index (χ4v) is 2.96. The number of carbonyl (C=O) groups excluding carboxylic acids is 3. The number of rotatable bonds is 3. The molecule has 1 aliphatic heterocycles. The van der Waals surface area contributed by atoms with Gasteiger partial charge in [0.25, 0.3) is 5.91 Å². The Hall–Kier alpha value is -3.36. The summed E-state index contributed by atoms with van der Waals surface area (Å²) in [7, 11) is 0. The van der Waals surface area contributed by atoms with E-state index in [2.05, 4.69) is 5.32 Å². The van der Waals surface area contributed by atoms with Crippen molar-refractivity contribution < 1.29 is 32.3 Å². The van der Waals surface area contributed by atoms with Gasteiger partial charge in [0.2, 0.25) is 5.91 Å². The van der Waals surface area contributed by atoms with Crippen LogP contribution >= 0.6 is 0 Å². The van der Waals surface area contributed by atoms with Crippen molar-refractivity contribution in [3.8, 4) is 0 Å². The van der Waals surface area contributed by atoms with Crippen molar-refractivity contribution in [3.05, 3.63) is 59.2 Å². The monoisotopic (exact) mass is 406 g/mol. The van der Waals surface area contributed by atoms with Gasteiger partial charge in [0.15, 0.2) is 6.10 Å². The Balaban J connectivity index is 1.83. The first-order valence-corrected chi connectivity index (χ1v) is 8.67. The number of hydrogen-bond donors (Lipinski definition) is 1. The Bertz CT molecular complexity index is 988. The summed E-state index contributed by atoms with van der Waals surface area (Å²) in [5.41, 5.74) is -0.0357. The predicted molar refractivity (Wildman–Crippen MR) is 98.5 cm³/mol. The standard InChI is InChI=1S/C20H17F3N2O4/c1-11-5-3-4-6-14(11)19(28)29-12(2)18(27)25-10-17(26)24-15-9-13(20(21,22)23)7-8-16(15)25/h3-9,12H,10H2,1-2H3,(H,24,26). The Labute approximate surface area is 164 Å². The van der Waals surface area contributed by atoms with Crippen molar-refractivity contribution in [1.82, 2.24) is 0 Å². The van der Waals surface area contributed by atoms with Crippen LogP contribution in [0.25, 0.3) is 0 Å². The minimum Gasteiger partial charge on any atom is -0.449 e. The Morgan fingerprint density at radius 1 is 1.17 bits per heavy atom. The number of aryl methyl sites for hydroxylation is 1. The molecule has 0 saturated carbocycles. The highest BCUT2D eigenvalue weighted by molar-refractivity contribution is 6.11. The van der Waals surface area contributed by atoms with E-state index in [1.165, 1.54) is 6.92 Å². The summed E-state index contributed by atoms with van der Waals surface area (Å²) >= 11 is 0. The molecular weight excluding hydrogens is 389 g/mol. The molecule has 2 aromatic carbocycles. The van der Waals surface area contributed by atoms with E-state index < -0.39 is 42.2 Å². The van der Waals surface area contributed by atoms with Gasteiger partial charge in [-0.3, -0.25) is 14.5 Å². The molecule has 6 nitrogen and oxygen atoms in total. The second-order valence-electron chi connectivity index (χ2n) is 6.56. The molecule has 9 heteroatoms. The van der Waals surface area contributed by atoms with Crippen LogP contribution in [0.2, 0.25) is 0 Å². The fourth-order valence-electron chi connectivity index (χ4n) is 2.96. The van der Waals surface area contributed by atoms with Crippen LogP contribution in [-0.4, -0.2) is 30.4 Å². The van der Waals surface area contributed by atoms with Crippen LogP contribution in [0.4, 0.5) is 24.5 Å². The highest BCUT2D eigenvalue weighted by Crippen LogP contribution is 2.37. The second-order valence-corrected chi connectivity index (χ2v) is 6.56. The van der Waals surface area contributed by atoms with E-state index in [0.717, 1.165) is 23.1 Å². The van der Waals surface area contributed by atoms with Crippen molar-refractivity contribution in [1.29, 1.82) is 0 Å². The van der Waals surface area contributed by atoms with Gasteiger partial charge >= 0.3 is 12.1 Å². The first kappa shape index (κ1) is 20.4. The zero-order valence-electron chi connectivity index (χ0n) is 15.5. The SMILES string of the molecule is Cc1ccccc1C(=O)OC(C)C(=O)N1CC(=O)Nc2cc(C(F)(F)F)ccc21. The van der Waals surface area contributed by atoms with E-state index in [9.17, 15) is 27.6 Å². The van der Waals surface area contributed by atoms with Gasteiger partial charge in [-0.15, -0.1) is 0 Å².